The number of ether oxygens (including phenoxy) is 1. The molecule has 0 atom stereocenters. The fourth-order valence-electron chi connectivity index (χ4n) is 2.68. The van der Waals surface area contributed by atoms with Crippen LogP contribution in [0.3, 0.4) is 0 Å². The molecule has 2 aromatic heterocycles. The monoisotopic (exact) mass is 407 g/mol. The van der Waals surface area contributed by atoms with Gasteiger partial charge in [-0.05, 0) is 43.3 Å². The van der Waals surface area contributed by atoms with Gasteiger partial charge in [0.1, 0.15) is 5.56 Å². The van der Waals surface area contributed by atoms with Gasteiger partial charge in [0, 0.05) is 31.5 Å². The van der Waals surface area contributed by atoms with Crippen molar-refractivity contribution >= 4 is 23.5 Å². The van der Waals surface area contributed by atoms with Gasteiger partial charge >= 0.3 is 5.97 Å². The van der Waals surface area contributed by atoms with Gasteiger partial charge < -0.3 is 15.0 Å². The lowest BCUT2D eigenvalue weighted by Crippen LogP contribution is -2.22. The number of anilines is 1. The molecule has 1 N–H and O–H groups in total. The molecule has 0 aliphatic carbocycles. The molecule has 0 aliphatic rings. The summed E-state index contributed by atoms with van der Waals surface area (Å²) in [7, 11) is 3.32. The van der Waals surface area contributed by atoms with Crippen LogP contribution in [0.5, 0.6) is 0 Å². The zero-order valence-corrected chi connectivity index (χ0v) is 16.8. The maximum Gasteiger partial charge on any atom is 0.342 e. The number of benzene rings is 1. The van der Waals surface area contributed by atoms with Crippen molar-refractivity contribution in [3.05, 3.63) is 71.7 Å². The fraction of sp³-hybridized carbons (Fsp3) is 0.190. The van der Waals surface area contributed by atoms with Gasteiger partial charge in [-0.2, -0.15) is 5.10 Å². The number of pyridine rings is 1. The molecule has 3 aromatic rings. The summed E-state index contributed by atoms with van der Waals surface area (Å²) in [5.41, 5.74) is 1.80. The topological polar surface area (TPSA) is 106 Å². The Morgan fingerprint density at radius 3 is 2.47 bits per heavy atom. The molecule has 0 saturated carbocycles. The van der Waals surface area contributed by atoms with Crippen molar-refractivity contribution in [2.75, 3.05) is 26.0 Å². The summed E-state index contributed by atoms with van der Waals surface area (Å²) in [6, 6.07) is 11.8. The molecule has 2 amide bonds. The molecule has 30 heavy (non-hydrogen) atoms. The molecule has 0 spiro atoms. The van der Waals surface area contributed by atoms with Crippen LogP contribution in [-0.4, -0.2) is 58.2 Å². The second-order valence-corrected chi connectivity index (χ2v) is 6.64. The number of rotatable bonds is 6. The fourth-order valence-corrected chi connectivity index (χ4v) is 2.68. The molecule has 2 heterocycles. The van der Waals surface area contributed by atoms with Crippen LogP contribution < -0.4 is 5.32 Å². The quantitative estimate of drug-likeness (QED) is 0.627. The van der Waals surface area contributed by atoms with Gasteiger partial charge in [0.15, 0.2) is 12.4 Å². The standard InChI is InChI=1S/C21H21N5O4/c1-14-17(12-23-26(14)18-6-4-5-11-22-18)21(29)30-13-19(27)24-16-9-7-15(8-10-16)20(28)25(2)3/h4-12H,13H2,1-3H3,(H,24,27). The van der Waals surface area contributed by atoms with E-state index in [2.05, 4.69) is 15.4 Å². The first-order chi connectivity index (χ1) is 14.4. The van der Waals surface area contributed by atoms with Gasteiger partial charge in [0.2, 0.25) is 0 Å². The summed E-state index contributed by atoms with van der Waals surface area (Å²) in [5, 5.41) is 6.78. The maximum atomic E-state index is 12.3. The minimum Gasteiger partial charge on any atom is -0.452 e. The third-order valence-electron chi connectivity index (χ3n) is 4.25. The van der Waals surface area contributed by atoms with E-state index in [1.807, 2.05) is 6.07 Å². The Balaban J connectivity index is 1.57. The average Bonchev–Trinajstić information content (AvgIpc) is 3.14. The predicted octanol–water partition coefficient (Wildman–Crippen LogP) is 2.07. The molecule has 0 radical (unpaired) electrons. The molecule has 3 rings (SSSR count). The Labute approximate surface area is 173 Å². The lowest BCUT2D eigenvalue weighted by molar-refractivity contribution is -0.119. The molecule has 9 nitrogen and oxygen atoms in total. The van der Waals surface area contributed by atoms with E-state index in [0.717, 1.165) is 0 Å². The minimum absolute atomic E-state index is 0.136. The SMILES string of the molecule is Cc1c(C(=O)OCC(=O)Nc2ccc(C(=O)N(C)C)cc2)cnn1-c1ccccn1. The van der Waals surface area contributed by atoms with Gasteiger partial charge in [-0.1, -0.05) is 6.07 Å². The Hall–Kier alpha value is -4.01. The maximum absolute atomic E-state index is 12.3. The molecular formula is C21H21N5O4. The first-order valence-corrected chi connectivity index (χ1v) is 9.11. The van der Waals surface area contributed by atoms with Crippen LogP contribution in [-0.2, 0) is 9.53 Å². The molecule has 9 heteroatoms. The molecule has 0 saturated heterocycles. The molecule has 0 aliphatic heterocycles. The first kappa shape index (κ1) is 20.7. The summed E-state index contributed by atoms with van der Waals surface area (Å²) in [5.74, 6) is -0.715. The number of hydrogen-bond acceptors (Lipinski definition) is 6. The van der Waals surface area contributed by atoms with Crippen LogP contribution in [0.1, 0.15) is 26.4 Å². The Morgan fingerprint density at radius 1 is 1.10 bits per heavy atom. The van der Waals surface area contributed by atoms with E-state index in [-0.39, 0.29) is 11.5 Å². The van der Waals surface area contributed by atoms with Crippen LogP contribution in [0.15, 0.2) is 54.9 Å². The van der Waals surface area contributed by atoms with E-state index < -0.39 is 18.5 Å². The van der Waals surface area contributed by atoms with Crippen molar-refractivity contribution in [2.24, 2.45) is 0 Å². The van der Waals surface area contributed by atoms with Crippen LogP contribution in [0.2, 0.25) is 0 Å². The largest absolute Gasteiger partial charge is 0.452 e. The Morgan fingerprint density at radius 2 is 1.83 bits per heavy atom. The normalized spacial score (nSPS) is 10.4. The van der Waals surface area contributed by atoms with Crippen LogP contribution in [0, 0.1) is 6.92 Å². The van der Waals surface area contributed by atoms with Gasteiger partial charge in [0.25, 0.3) is 11.8 Å². The zero-order chi connectivity index (χ0) is 21.7. The number of hydrogen-bond donors (Lipinski definition) is 1. The lowest BCUT2D eigenvalue weighted by atomic mass is 10.2. The first-order valence-electron chi connectivity index (χ1n) is 9.11. The van der Waals surface area contributed by atoms with E-state index in [9.17, 15) is 14.4 Å². The van der Waals surface area contributed by atoms with Crippen molar-refractivity contribution in [1.82, 2.24) is 19.7 Å². The number of carbonyl (C=O) groups is 3. The van der Waals surface area contributed by atoms with E-state index in [1.54, 1.807) is 63.6 Å². The van der Waals surface area contributed by atoms with Gasteiger partial charge in [-0.25, -0.2) is 14.5 Å². The summed E-state index contributed by atoms with van der Waals surface area (Å²) >= 11 is 0. The highest BCUT2D eigenvalue weighted by molar-refractivity contribution is 5.97. The smallest absolute Gasteiger partial charge is 0.342 e. The Kier molecular flexibility index (Phi) is 6.21. The minimum atomic E-state index is -0.656. The number of esters is 1. The van der Waals surface area contributed by atoms with Crippen molar-refractivity contribution in [3.63, 3.8) is 0 Å². The molecule has 0 fully saturated rings. The number of nitrogens with zero attached hydrogens (tertiary/aromatic N) is 4. The third kappa shape index (κ3) is 4.69. The van der Waals surface area contributed by atoms with E-state index in [0.29, 0.717) is 22.8 Å². The second-order valence-electron chi connectivity index (χ2n) is 6.64. The predicted molar refractivity (Wildman–Crippen MR) is 109 cm³/mol. The molecular weight excluding hydrogens is 386 g/mol. The molecule has 1 aromatic carbocycles. The summed E-state index contributed by atoms with van der Waals surface area (Å²) in [4.78, 5) is 42.0. The Bertz CT molecular complexity index is 1060. The van der Waals surface area contributed by atoms with E-state index in [1.165, 1.54) is 15.8 Å². The number of amides is 2. The van der Waals surface area contributed by atoms with Gasteiger partial charge in [0.05, 0.1) is 11.9 Å². The summed E-state index contributed by atoms with van der Waals surface area (Å²) in [6.07, 6.45) is 3.01. The van der Waals surface area contributed by atoms with Crippen LogP contribution >= 0.6 is 0 Å². The van der Waals surface area contributed by atoms with Crippen LogP contribution in [0.4, 0.5) is 5.69 Å². The molecule has 0 unspecified atom stereocenters. The average molecular weight is 407 g/mol. The third-order valence-corrected chi connectivity index (χ3v) is 4.25. The number of aromatic nitrogens is 3. The van der Waals surface area contributed by atoms with Crippen molar-refractivity contribution in [3.8, 4) is 5.82 Å². The van der Waals surface area contributed by atoms with Crippen molar-refractivity contribution in [1.29, 1.82) is 0 Å². The second kappa shape index (κ2) is 8.99. The highest BCUT2D eigenvalue weighted by Crippen LogP contribution is 2.14. The summed E-state index contributed by atoms with van der Waals surface area (Å²) < 4.78 is 6.62. The lowest BCUT2D eigenvalue weighted by Gasteiger charge is -2.11. The summed E-state index contributed by atoms with van der Waals surface area (Å²) in [6.45, 7) is 1.26. The number of nitrogens with one attached hydrogen (secondary N) is 1. The van der Waals surface area contributed by atoms with Crippen molar-refractivity contribution in [2.45, 2.75) is 6.92 Å². The van der Waals surface area contributed by atoms with E-state index >= 15 is 0 Å². The number of carbonyl (C=O) groups excluding carboxylic acids is 3. The van der Waals surface area contributed by atoms with Gasteiger partial charge in [-0.15, -0.1) is 0 Å². The molecule has 0 bridgehead atoms. The van der Waals surface area contributed by atoms with Crippen LogP contribution in [0.25, 0.3) is 5.82 Å². The van der Waals surface area contributed by atoms with Crippen molar-refractivity contribution < 1.29 is 19.1 Å². The highest BCUT2D eigenvalue weighted by Gasteiger charge is 2.18. The highest BCUT2D eigenvalue weighted by atomic mass is 16.5. The van der Waals surface area contributed by atoms with E-state index in [4.69, 9.17) is 4.74 Å². The zero-order valence-electron chi connectivity index (χ0n) is 16.8. The van der Waals surface area contributed by atoms with Gasteiger partial charge in [-0.3, -0.25) is 9.59 Å². The molecule has 154 valence electrons.